The van der Waals surface area contributed by atoms with Gasteiger partial charge in [-0.3, -0.25) is 4.98 Å². The van der Waals surface area contributed by atoms with Crippen LogP contribution in [-0.2, 0) is 0 Å². The number of anilines is 1. The molecule has 1 aromatic heterocycles. The van der Waals surface area contributed by atoms with Crippen LogP contribution in [0.2, 0.25) is 0 Å². The van der Waals surface area contributed by atoms with E-state index in [0.29, 0.717) is 0 Å². The van der Waals surface area contributed by atoms with Crippen LogP contribution in [0.5, 0.6) is 0 Å². The molecule has 1 heterocycles. The summed E-state index contributed by atoms with van der Waals surface area (Å²) in [4.78, 5) is 6.81. The van der Waals surface area contributed by atoms with Crippen molar-refractivity contribution in [2.45, 2.75) is 49.3 Å². The number of nitrogens with zero attached hydrogens (tertiary/aromatic N) is 1. The number of nitrogen functional groups attached to an aromatic ring is 1. The van der Waals surface area contributed by atoms with Gasteiger partial charge in [0.1, 0.15) is 0 Å². The fourth-order valence-corrected chi connectivity index (χ4v) is 4.69. The van der Waals surface area contributed by atoms with E-state index < -0.39 is 0 Å². The average Bonchev–Trinajstić information content (AvgIpc) is 2.50. The summed E-state index contributed by atoms with van der Waals surface area (Å²) in [5, 5.41) is 2.28. The van der Waals surface area contributed by atoms with Gasteiger partial charge in [-0.25, -0.2) is 0 Å². The van der Waals surface area contributed by atoms with Gasteiger partial charge in [-0.05, 0) is 36.5 Å². The first-order valence-electron chi connectivity index (χ1n) is 7.69. The summed E-state index contributed by atoms with van der Waals surface area (Å²) < 4.78 is 0. The van der Waals surface area contributed by atoms with Crippen molar-refractivity contribution in [1.82, 2.24) is 4.98 Å². The van der Waals surface area contributed by atoms with Crippen molar-refractivity contribution in [3.05, 3.63) is 24.5 Å². The number of fused-ring (bicyclic) bond motifs is 1. The van der Waals surface area contributed by atoms with Crippen molar-refractivity contribution in [3.8, 4) is 0 Å². The lowest BCUT2D eigenvalue weighted by molar-refractivity contribution is 0.893. The highest BCUT2D eigenvalue weighted by Gasteiger charge is 2.12. The molecule has 2 nitrogen and oxygen atoms in total. The highest BCUT2D eigenvalue weighted by Crippen LogP contribution is 2.40. The van der Waals surface area contributed by atoms with E-state index >= 15 is 0 Å². The van der Waals surface area contributed by atoms with E-state index in [4.69, 9.17) is 5.73 Å². The SMILES string of the molecule is CCCCSc1cc2cnccc2c(N)c1SCCCC. The lowest BCUT2D eigenvalue weighted by Crippen LogP contribution is -1.95. The van der Waals surface area contributed by atoms with Crippen LogP contribution >= 0.6 is 23.5 Å². The minimum absolute atomic E-state index is 0.926. The van der Waals surface area contributed by atoms with E-state index in [1.165, 1.54) is 35.5 Å². The molecule has 0 saturated carbocycles. The summed E-state index contributed by atoms with van der Waals surface area (Å²) in [6.45, 7) is 4.46. The number of hydrogen-bond donors (Lipinski definition) is 1. The number of aromatic nitrogens is 1. The molecule has 0 fully saturated rings. The zero-order valence-corrected chi connectivity index (χ0v) is 14.5. The fourth-order valence-electron chi connectivity index (χ4n) is 2.13. The van der Waals surface area contributed by atoms with Crippen LogP contribution in [0.4, 0.5) is 5.69 Å². The Hall–Kier alpha value is -0.870. The summed E-state index contributed by atoms with van der Waals surface area (Å²) in [6.07, 6.45) is 8.67. The molecule has 2 aromatic rings. The number of pyridine rings is 1. The number of unbranched alkanes of at least 4 members (excludes halogenated alkanes) is 2. The molecule has 0 bridgehead atoms. The van der Waals surface area contributed by atoms with Gasteiger partial charge in [0, 0.05) is 33.0 Å². The predicted octanol–water partition coefficient (Wildman–Crippen LogP) is 5.60. The molecular weight excluding hydrogens is 296 g/mol. The number of hydrogen-bond acceptors (Lipinski definition) is 4. The topological polar surface area (TPSA) is 38.9 Å². The molecule has 0 atom stereocenters. The molecule has 0 unspecified atom stereocenters. The third-order valence-corrected chi connectivity index (χ3v) is 5.87. The van der Waals surface area contributed by atoms with Crippen molar-refractivity contribution in [2.75, 3.05) is 17.2 Å². The van der Waals surface area contributed by atoms with E-state index in [1.807, 2.05) is 42.0 Å². The maximum atomic E-state index is 6.44. The van der Waals surface area contributed by atoms with Crippen LogP contribution in [-0.4, -0.2) is 16.5 Å². The predicted molar refractivity (Wildman–Crippen MR) is 97.4 cm³/mol. The zero-order chi connectivity index (χ0) is 15.1. The summed E-state index contributed by atoms with van der Waals surface area (Å²) >= 11 is 3.83. The second-order valence-electron chi connectivity index (χ2n) is 5.12. The Morgan fingerprint density at radius 1 is 1.10 bits per heavy atom. The van der Waals surface area contributed by atoms with Gasteiger partial charge in [0.2, 0.25) is 0 Å². The van der Waals surface area contributed by atoms with Crippen LogP contribution in [0.25, 0.3) is 10.8 Å². The Morgan fingerprint density at radius 2 is 1.81 bits per heavy atom. The maximum Gasteiger partial charge on any atom is 0.0544 e. The Bertz CT molecular complexity index is 584. The summed E-state index contributed by atoms with van der Waals surface area (Å²) in [5.41, 5.74) is 7.37. The average molecular weight is 321 g/mol. The number of thioether (sulfide) groups is 2. The molecule has 114 valence electrons. The van der Waals surface area contributed by atoms with Gasteiger partial charge in [-0.15, -0.1) is 23.5 Å². The normalized spacial score (nSPS) is 11.1. The quantitative estimate of drug-likeness (QED) is 0.390. The van der Waals surface area contributed by atoms with Crippen molar-refractivity contribution < 1.29 is 0 Å². The minimum Gasteiger partial charge on any atom is -0.397 e. The van der Waals surface area contributed by atoms with Crippen LogP contribution in [0, 0.1) is 0 Å². The molecule has 21 heavy (non-hydrogen) atoms. The third-order valence-electron chi connectivity index (χ3n) is 3.40. The van der Waals surface area contributed by atoms with E-state index in [1.54, 1.807) is 0 Å². The summed E-state index contributed by atoms with van der Waals surface area (Å²) in [6, 6.07) is 4.28. The fraction of sp³-hybridized carbons (Fsp3) is 0.471. The Morgan fingerprint density at radius 3 is 2.52 bits per heavy atom. The number of rotatable bonds is 8. The molecule has 0 aliphatic carbocycles. The van der Waals surface area contributed by atoms with Gasteiger partial charge in [0.15, 0.2) is 0 Å². The molecule has 0 aliphatic rings. The van der Waals surface area contributed by atoms with Gasteiger partial charge in [-0.2, -0.15) is 0 Å². The molecular formula is C17H24N2S2. The highest BCUT2D eigenvalue weighted by molar-refractivity contribution is 8.02. The largest absolute Gasteiger partial charge is 0.397 e. The van der Waals surface area contributed by atoms with Crippen LogP contribution in [0.15, 0.2) is 34.3 Å². The first kappa shape index (κ1) is 16.5. The lowest BCUT2D eigenvalue weighted by Gasteiger charge is -2.14. The van der Waals surface area contributed by atoms with Gasteiger partial charge >= 0.3 is 0 Å². The number of benzene rings is 1. The molecule has 2 rings (SSSR count). The monoisotopic (exact) mass is 320 g/mol. The Labute approximate surface area is 136 Å². The van der Waals surface area contributed by atoms with Crippen molar-refractivity contribution in [1.29, 1.82) is 0 Å². The van der Waals surface area contributed by atoms with Crippen LogP contribution in [0.1, 0.15) is 39.5 Å². The van der Waals surface area contributed by atoms with Crippen LogP contribution < -0.4 is 5.73 Å². The van der Waals surface area contributed by atoms with Gasteiger partial charge in [-0.1, -0.05) is 26.7 Å². The molecule has 0 spiro atoms. The van der Waals surface area contributed by atoms with Gasteiger partial charge < -0.3 is 5.73 Å². The molecule has 1 aromatic carbocycles. The molecule has 0 amide bonds. The van der Waals surface area contributed by atoms with E-state index in [-0.39, 0.29) is 0 Å². The molecule has 2 N–H and O–H groups in total. The van der Waals surface area contributed by atoms with Crippen molar-refractivity contribution >= 4 is 40.0 Å². The number of nitrogens with two attached hydrogens (primary N) is 1. The standard InChI is InChI=1S/C17H24N2S2/c1-3-5-9-20-15-11-13-12-19-8-7-14(13)16(18)17(15)21-10-6-4-2/h7-8,11-12H,3-6,9-10,18H2,1-2H3. The van der Waals surface area contributed by atoms with Gasteiger partial charge in [0.05, 0.1) is 5.69 Å². The van der Waals surface area contributed by atoms with Crippen molar-refractivity contribution in [3.63, 3.8) is 0 Å². The molecule has 0 radical (unpaired) electrons. The van der Waals surface area contributed by atoms with E-state index in [2.05, 4.69) is 24.9 Å². The highest BCUT2D eigenvalue weighted by atomic mass is 32.2. The van der Waals surface area contributed by atoms with Crippen LogP contribution in [0.3, 0.4) is 0 Å². The third kappa shape index (κ3) is 4.30. The maximum absolute atomic E-state index is 6.44. The zero-order valence-electron chi connectivity index (χ0n) is 12.9. The second-order valence-corrected chi connectivity index (χ2v) is 7.36. The minimum atomic E-state index is 0.926. The summed E-state index contributed by atoms with van der Waals surface area (Å²) in [7, 11) is 0. The molecule has 4 heteroatoms. The lowest BCUT2D eigenvalue weighted by atomic mass is 10.1. The molecule has 0 saturated heterocycles. The molecule has 0 aliphatic heterocycles. The Kier molecular flexibility index (Phi) is 6.71. The first-order chi connectivity index (χ1) is 10.3. The first-order valence-corrected chi connectivity index (χ1v) is 9.66. The van der Waals surface area contributed by atoms with Gasteiger partial charge in [0.25, 0.3) is 0 Å². The summed E-state index contributed by atoms with van der Waals surface area (Å²) in [5.74, 6) is 2.29. The smallest absolute Gasteiger partial charge is 0.0544 e. The Balaban J connectivity index is 2.33. The van der Waals surface area contributed by atoms with E-state index in [0.717, 1.165) is 28.0 Å². The van der Waals surface area contributed by atoms with Crippen molar-refractivity contribution in [2.24, 2.45) is 0 Å². The van der Waals surface area contributed by atoms with E-state index in [9.17, 15) is 0 Å². The second kappa shape index (κ2) is 8.54.